The number of hydrogen-bond donors (Lipinski definition) is 1. The summed E-state index contributed by atoms with van der Waals surface area (Å²) in [7, 11) is 0. The quantitative estimate of drug-likeness (QED) is 0.651. The molecule has 5 nitrogen and oxygen atoms in total. The molecule has 0 unspecified atom stereocenters. The maximum Gasteiger partial charge on any atom is 0.292 e. The van der Waals surface area contributed by atoms with E-state index >= 15 is 0 Å². The van der Waals surface area contributed by atoms with E-state index in [1.807, 2.05) is 0 Å². The predicted molar refractivity (Wildman–Crippen MR) is 91.4 cm³/mol. The fraction of sp³-hybridized carbons (Fsp3) is 0.333. The number of nitro groups is 1. The van der Waals surface area contributed by atoms with Crippen LogP contribution in [0.15, 0.2) is 48.5 Å². The molecule has 0 spiro atoms. The molecule has 0 radical (unpaired) electrons. The molecular weight excluding hydrogens is 290 g/mol. The van der Waals surface area contributed by atoms with Crippen LogP contribution in [0.2, 0.25) is 0 Å². The van der Waals surface area contributed by atoms with E-state index in [9.17, 15) is 10.1 Å². The Labute approximate surface area is 136 Å². The van der Waals surface area contributed by atoms with Crippen molar-refractivity contribution in [2.24, 2.45) is 0 Å². The fourth-order valence-electron chi connectivity index (χ4n) is 2.94. The highest BCUT2D eigenvalue weighted by Crippen LogP contribution is 2.23. The van der Waals surface area contributed by atoms with Crippen LogP contribution in [0.1, 0.15) is 24.0 Å². The Morgan fingerprint density at radius 2 is 1.65 bits per heavy atom. The summed E-state index contributed by atoms with van der Waals surface area (Å²) in [6, 6.07) is 15.2. The summed E-state index contributed by atoms with van der Waals surface area (Å²) in [6.07, 6.45) is 2.61. The van der Waals surface area contributed by atoms with E-state index in [0.717, 1.165) is 12.1 Å². The standard InChI is InChI=1S/C18H21N3O2/c22-21(23)18-6-2-1-5-17(18)19-13-15-7-9-16(10-8-15)14-20-11-3-4-12-20/h1-2,5-10,19H,3-4,11-14H2. The van der Waals surface area contributed by atoms with Crippen molar-refractivity contribution in [3.8, 4) is 0 Å². The zero-order valence-corrected chi connectivity index (χ0v) is 13.1. The minimum atomic E-state index is -0.360. The molecule has 0 atom stereocenters. The van der Waals surface area contributed by atoms with Crippen molar-refractivity contribution in [3.05, 3.63) is 69.8 Å². The zero-order valence-electron chi connectivity index (χ0n) is 13.1. The van der Waals surface area contributed by atoms with Crippen LogP contribution in [-0.2, 0) is 13.1 Å². The Hall–Kier alpha value is -2.40. The maximum absolute atomic E-state index is 11.0. The van der Waals surface area contributed by atoms with Gasteiger partial charge in [0.25, 0.3) is 5.69 Å². The van der Waals surface area contributed by atoms with E-state index in [1.165, 1.54) is 37.6 Å². The highest BCUT2D eigenvalue weighted by molar-refractivity contribution is 5.61. The van der Waals surface area contributed by atoms with E-state index in [0.29, 0.717) is 12.2 Å². The Morgan fingerprint density at radius 3 is 2.35 bits per heavy atom. The molecule has 3 rings (SSSR count). The average molecular weight is 311 g/mol. The Kier molecular flexibility index (Phi) is 4.88. The van der Waals surface area contributed by atoms with Crippen molar-refractivity contribution in [1.29, 1.82) is 0 Å². The van der Waals surface area contributed by atoms with Gasteiger partial charge in [-0.25, -0.2) is 0 Å². The third-order valence-corrected chi connectivity index (χ3v) is 4.21. The van der Waals surface area contributed by atoms with E-state index in [2.05, 4.69) is 34.5 Å². The van der Waals surface area contributed by atoms with Crippen molar-refractivity contribution in [2.75, 3.05) is 18.4 Å². The summed E-state index contributed by atoms with van der Waals surface area (Å²) < 4.78 is 0. The molecule has 1 saturated heterocycles. The van der Waals surface area contributed by atoms with Crippen molar-refractivity contribution >= 4 is 11.4 Å². The van der Waals surface area contributed by atoms with Gasteiger partial charge in [0.2, 0.25) is 0 Å². The van der Waals surface area contributed by atoms with E-state index in [4.69, 9.17) is 0 Å². The second-order valence-electron chi connectivity index (χ2n) is 5.93. The monoisotopic (exact) mass is 311 g/mol. The highest BCUT2D eigenvalue weighted by atomic mass is 16.6. The van der Waals surface area contributed by atoms with E-state index in [-0.39, 0.29) is 10.6 Å². The first-order valence-corrected chi connectivity index (χ1v) is 8.00. The number of nitrogens with zero attached hydrogens (tertiary/aromatic N) is 2. The lowest BCUT2D eigenvalue weighted by Crippen LogP contribution is -2.18. The second kappa shape index (κ2) is 7.24. The van der Waals surface area contributed by atoms with Gasteiger partial charge in [-0.05, 0) is 43.1 Å². The summed E-state index contributed by atoms with van der Waals surface area (Å²) in [6.45, 7) is 3.98. The first kappa shape index (κ1) is 15.5. The van der Waals surface area contributed by atoms with E-state index < -0.39 is 0 Å². The largest absolute Gasteiger partial charge is 0.375 e. The maximum atomic E-state index is 11.0. The van der Waals surface area contributed by atoms with Crippen LogP contribution < -0.4 is 5.32 Å². The molecule has 0 bridgehead atoms. The summed E-state index contributed by atoms with van der Waals surface area (Å²) in [5.74, 6) is 0. The molecule has 23 heavy (non-hydrogen) atoms. The predicted octanol–water partition coefficient (Wildman–Crippen LogP) is 3.80. The van der Waals surface area contributed by atoms with Gasteiger partial charge in [0.05, 0.1) is 4.92 Å². The van der Waals surface area contributed by atoms with Crippen molar-refractivity contribution in [2.45, 2.75) is 25.9 Å². The van der Waals surface area contributed by atoms with Gasteiger partial charge in [-0.2, -0.15) is 0 Å². The molecule has 0 aromatic heterocycles. The molecule has 1 aliphatic heterocycles. The van der Waals surface area contributed by atoms with Crippen LogP contribution in [-0.4, -0.2) is 22.9 Å². The molecule has 120 valence electrons. The average Bonchev–Trinajstić information content (AvgIpc) is 3.07. The first-order chi connectivity index (χ1) is 11.2. The summed E-state index contributed by atoms with van der Waals surface area (Å²) in [4.78, 5) is 13.1. The fourth-order valence-corrected chi connectivity index (χ4v) is 2.94. The molecule has 0 amide bonds. The molecule has 5 heteroatoms. The van der Waals surface area contributed by atoms with Crippen LogP contribution >= 0.6 is 0 Å². The van der Waals surface area contributed by atoms with Crippen LogP contribution in [0.25, 0.3) is 0 Å². The number of para-hydroxylation sites is 2. The topological polar surface area (TPSA) is 58.4 Å². The van der Waals surface area contributed by atoms with Gasteiger partial charge in [-0.15, -0.1) is 0 Å². The minimum absolute atomic E-state index is 0.109. The summed E-state index contributed by atoms with van der Waals surface area (Å²) in [5, 5.41) is 14.2. The lowest BCUT2D eigenvalue weighted by molar-refractivity contribution is -0.384. The molecule has 1 fully saturated rings. The SMILES string of the molecule is O=[N+]([O-])c1ccccc1NCc1ccc(CN2CCCC2)cc1. The number of likely N-dealkylation sites (tertiary alicyclic amines) is 1. The van der Waals surface area contributed by atoms with Gasteiger partial charge < -0.3 is 5.32 Å². The van der Waals surface area contributed by atoms with Gasteiger partial charge in [-0.1, -0.05) is 36.4 Å². The van der Waals surface area contributed by atoms with Crippen molar-refractivity contribution < 1.29 is 4.92 Å². The van der Waals surface area contributed by atoms with Crippen LogP contribution in [0.4, 0.5) is 11.4 Å². The third-order valence-electron chi connectivity index (χ3n) is 4.21. The summed E-state index contributed by atoms with van der Waals surface area (Å²) >= 11 is 0. The van der Waals surface area contributed by atoms with Gasteiger partial charge >= 0.3 is 0 Å². The smallest absolute Gasteiger partial charge is 0.292 e. The highest BCUT2D eigenvalue weighted by Gasteiger charge is 2.12. The molecular formula is C18H21N3O2. The van der Waals surface area contributed by atoms with Crippen LogP contribution in [0.3, 0.4) is 0 Å². The third kappa shape index (κ3) is 4.07. The van der Waals surface area contributed by atoms with Crippen LogP contribution in [0.5, 0.6) is 0 Å². The lowest BCUT2D eigenvalue weighted by Gasteiger charge is -2.14. The summed E-state index contributed by atoms with van der Waals surface area (Å²) in [5.41, 5.74) is 3.10. The normalized spacial score (nSPS) is 14.8. The Morgan fingerprint density at radius 1 is 1.00 bits per heavy atom. The number of nitro benzene ring substituents is 1. The Balaban J connectivity index is 1.59. The molecule has 0 aliphatic carbocycles. The van der Waals surface area contributed by atoms with Crippen molar-refractivity contribution in [1.82, 2.24) is 4.90 Å². The van der Waals surface area contributed by atoms with Gasteiger partial charge in [0.1, 0.15) is 5.69 Å². The lowest BCUT2D eigenvalue weighted by atomic mass is 10.1. The van der Waals surface area contributed by atoms with Gasteiger partial charge in [0.15, 0.2) is 0 Å². The minimum Gasteiger partial charge on any atom is -0.375 e. The molecule has 2 aromatic rings. The van der Waals surface area contributed by atoms with Gasteiger partial charge in [0, 0.05) is 19.2 Å². The van der Waals surface area contributed by atoms with Crippen LogP contribution in [0, 0.1) is 10.1 Å². The number of anilines is 1. The van der Waals surface area contributed by atoms with E-state index in [1.54, 1.807) is 18.2 Å². The Bertz CT molecular complexity index is 664. The number of benzene rings is 2. The number of rotatable bonds is 6. The van der Waals surface area contributed by atoms with Crippen molar-refractivity contribution in [3.63, 3.8) is 0 Å². The molecule has 1 aliphatic rings. The second-order valence-corrected chi connectivity index (χ2v) is 5.93. The first-order valence-electron chi connectivity index (χ1n) is 8.00. The molecule has 1 N–H and O–H groups in total. The van der Waals surface area contributed by atoms with Gasteiger partial charge in [-0.3, -0.25) is 15.0 Å². The number of nitrogens with one attached hydrogen (secondary N) is 1. The molecule has 2 aromatic carbocycles. The molecule has 1 heterocycles. The number of hydrogen-bond acceptors (Lipinski definition) is 4. The molecule has 0 saturated carbocycles. The zero-order chi connectivity index (χ0) is 16.1.